The van der Waals surface area contributed by atoms with E-state index in [9.17, 15) is 14.4 Å². The summed E-state index contributed by atoms with van der Waals surface area (Å²) >= 11 is 0. The van der Waals surface area contributed by atoms with Crippen molar-refractivity contribution in [1.29, 1.82) is 0 Å². The Morgan fingerprint density at radius 1 is 1.21 bits per heavy atom. The van der Waals surface area contributed by atoms with Gasteiger partial charge in [0.05, 0.1) is 0 Å². The minimum Gasteiger partial charge on any atom is -0.480 e. The summed E-state index contributed by atoms with van der Waals surface area (Å²) in [6.07, 6.45) is 0. The summed E-state index contributed by atoms with van der Waals surface area (Å²) in [5, 5.41) is 9.08. The number of hydrogen-bond donors (Lipinski definition) is 2. The predicted molar refractivity (Wildman–Crippen MR) is 68.8 cm³/mol. The topological polar surface area (TPSA) is 101 Å². The summed E-state index contributed by atoms with van der Waals surface area (Å²) in [7, 11) is 1.40. The standard InChI is InChI=1S/C13H16N2O4/c1-13(2,12(18)19)15(3)11(17)9-6-4-5-8(7-9)10(14)16/h4-7H,1-3H3,(H2,14,16)(H,18,19). The highest BCUT2D eigenvalue weighted by Gasteiger charge is 2.35. The first kappa shape index (κ1) is 14.7. The summed E-state index contributed by atoms with van der Waals surface area (Å²) in [6, 6.07) is 5.86. The zero-order valence-corrected chi connectivity index (χ0v) is 11.0. The lowest BCUT2D eigenvalue weighted by atomic mass is 10.0. The van der Waals surface area contributed by atoms with E-state index < -0.39 is 23.3 Å². The number of carbonyl (C=O) groups is 3. The van der Waals surface area contributed by atoms with Gasteiger partial charge in [0.1, 0.15) is 5.54 Å². The SMILES string of the molecule is CN(C(=O)c1cccc(C(N)=O)c1)C(C)(C)C(=O)O. The molecule has 19 heavy (non-hydrogen) atoms. The Hall–Kier alpha value is -2.37. The molecule has 102 valence electrons. The zero-order valence-electron chi connectivity index (χ0n) is 11.0. The second-order valence-corrected chi connectivity index (χ2v) is 4.67. The maximum Gasteiger partial charge on any atom is 0.329 e. The normalized spacial score (nSPS) is 10.9. The number of hydrogen-bond acceptors (Lipinski definition) is 3. The van der Waals surface area contributed by atoms with Crippen molar-refractivity contribution in [2.24, 2.45) is 5.73 Å². The predicted octanol–water partition coefficient (Wildman–Crippen LogP) is 0.721. The molecule has 3 N–H and O–H groups in total. The fourth-order valence-corrected chi connectivity index (χ4v) is 1.40. The smallest absolute Gasteiger partial charge is 0.329 e. The van der Waals surface area contributed by atoms with Gasteiger partial charge in [-0.2, -0.15) is 0 Å². The van der Waals surface area contributed by atoms with Crippen molar-refractivity contribution < 1.29 is 19.5 Å². The second-order valence-electron chi connectivity index (χ2n) is 4.67. The molecule has 0 aliphatic rings. The number of carbonyl (C=O) groups excluding carboxylic acids is 2. The summed E-state index contributed by atoms with van der Waals surface area (Å²) in [5.74, 6) is -2.25. The number of nitrogens with zero attached hydrogens (tertiary/aromatic N) is 1. The Morgan fingerprint density at radius 3 is 2.21 bits per heavy atom. The molecule has 2 amide bonds. The Morgan fingerprint density at radius 2 is 1.74 bits per heavy atom. The molecule has 0 unspecified atom stereocenters. The zero-order chi connectivity index (χ0) is 14.8. The highest BCUT2D eigenvalue weighted by molar-refractivity contribution is 6.00. The molecule has 1 aromatic carbocycles. The fraction of sp³-hybridized carbons (Fsp3) is 0.308. The van der Waals surface area contributed by atoms with Crippen LogP contribution in [0.15, 0.2) is 24.3 Å². The van der Waals surface area contributed by atoms with Gasteiger partial charge in [0, 0.05) is 18.2 Å². The van der Waals surface area contributed by atoms with Gasteiger partial charge in [-0.05, 0) is 32.0 Å². The Bertz CT molecular complexity index is 537. The first-order valence-electron chi connectivity index (χ1n) is 5.59. The third-order valence-electron chi connectivity index (χ3n) is 3.06. The van der Waals surface area contributed by atoms with Crippen LogP contribution in [0.5, 0.6) is 0 Å². The second kappa shape index (κ2) is 5.09. The Balaban J connectivity index is 3.10. The molecule has 6 nitrogen and oxygen atoms in total. The first-order chi connectivity index (χ1) is 8.67. The molecular formula is C13H16N2O4. The van der Waals surface area contributed by atoms with Crippen LogP contribution >= 0.6 is 0 Å². The third-order valence-corrected chi connectivity index (χ3v) is 3.06. The largest absolute Gasteiger partial charge is 0.480 e. The molecule has 0 spiro atoms. The fourth-order valence-electron chi connectivity index (χ4n) is 1.40. The lowest BCUT2D eigenvalue weighted by Crippen LogP contribution is -2.50. The van der Waals surface area contributed by atoms with Gasteiger partial charge in [0.2, 0.25) is 5.91 Å². The molecule has 1 aromatic rings. The van der Waals surface area contributed by atoms with Gasteiger partial charge < -0.3 is 15.7 Å². The molecule has 0 aromatic heterocycles. The van der Waals surface area contributed by atoms with Crippen molar-refractivity contribution in [3.63, 3.8) is 0 Å². The summed E-state index contributed by atoms with van der Waals surface area (Å²) in [4.78, 5) is 35.4. The van der Waals surface area contributed by atoms with Crippen LogP contribution in [-0.4, -0.2) is 40.4 Å². The van der Waals surface area contributed by atoms with Gasteiger partial charge in [0.15, 0.2) is 0 Å². The van der Waals surface area contributed by atoms with Crippen LogP contribution in [0.1, 0.15) is 34.6 Å². The van der Waals surface area contributed by atoms with Crippen LogP contribution in [0.2, 0.25) is 0 Å². The van der Waals surface area contributed by atoms with E-state index in [1.54, 1.807) is 0 Å². The average Bonchev–Trinajstić information content (AvgIpc) is 2.36. The summed E-state index contributed by atoms with van der Waals surface area (Å²) in [5.41, 5.74) is 4.20. The van der Waals surface area contributed by atoms with Gasteiger partial charge >= 0.3 is 5.97 Å². The van der Waals surface area contributed by atoms with E-state index in [1.807, 2.05) is 0 Å². The number of nitrogens with two attached hydrogens (primary N) is 1. The number of likely N-dealkylation sites (N-methyl/N-ethyl adjacent to an activating group) is 1. The van der Waals surface area contributed by atoms with Crippen molar-refractivity contribution in [3.05, 3.63) is 35.4 Å². The van der Waals surface area contributed by atoms with Gasteiger partial charge in [-0.25, -0.2) is 4.79 Å². The maximum absolute atomic E-state index is 12.2. The van der Waals surface area contributed by atoms with Crippen LogP contribution in [0.25, 0.3) is 0 Å². The van der Waals surface area contributed by atoms with Crippen LogP contribution in [0.4, 0.5) is 0 Å². The number of primary amides is 1. The monoisotopic (exact) mass is 264 g/mol. The number of aliphatic carboxylic acids is 1. The Kier molecular flexibility index (Phi) is 3.94. The van der Waals surface area contributed by atoms with E-state index in [2.05, 4.69) is 0 Å². The minimum absolute atomic E-state index is 0.201. The molecular weight excluding hydrogens is 248 g/mol. The van der Waals surface area contributed by atoms with E-state index in [1.165, 1.54) is 45.2 Å². The van der Waals surface area contributed by atoms with Crippen molar-refractivity contribution >= 4 is 17.8 Å². The van der Waals surface area contributed by atoms with Gasteiger partial charge in [0.25, 0.3) is 5.91 Å². The van der Waals surface area contributed by atoms with E-state index in [0.29, 0.717) is 0 Å². The molecule has 0 radical (unpaired) electrons. The number of carboxylic acid groups (broad SMARTS) is 1. The minimum atomic E-state index is -1.35. The van der Waals surface area contributed by atoms with Crippen molar-refractivity contribution in [3.8, 4) is 0 Å². The van der Waals surface area contributed by atoms with Crippen molar-refractivity contribution in [1.82, 2.24) is 4.90 Å². The third kappa shape index (κ3) is 2.90. The number of benzene rings is 1. The number of carboxylic acids is 1. The van der Waals surface area contributed by atoms with E-state index in [0.717, 1.165) is 4.90 Å². The van der Waals surface area contributed by atoms with Crippen LogP contribution in [0.3, 0.4) is 0 Å². The first-order valence-corrected chi connectivity index (χ1v) is 5.59. The highest BCUT2D eigenvalue weighted by Crippen LogP contribution is 2.17. The number of amides is 2. The quantitative estimate of drug-likeness (QED) is 0.836. The molecule has 0 bridgehead atoms. The molecule has 0 aliphatic carbocycles. The summed E-state index contributed by atoms with van der Waals surface area (Å²) in [6.45, 7) is 2.84. The van der Waals surface area contributed by atoms with E-state index >= 15 is 0 Å². The summed E-state index contributed by atoms with van der Waals surface area (Å²) < 4.78 is 0. The molecule has 1 rings (SSSR count). The molecule has 0 saturated heterocycles. The molecule has 0 fully saturated rings. The highest BCUT2D eigenvalue weighted by atomic mass is 16.4. The van der Waals surface area contributed by atoms with Crippen LogP contribution < -0.4 is 5.73 Å². The lowest BCUT2D eigenvalue weighted by molar-refractivity contribution is -0.147. The van der Waals surface area contributed by atoms with Crippen molar-refractivity contribution in [2.45, 2.75) is 19.4 Å². The molecule has 6 heteroatoms. The number of rotatable bonds is 4. The molecule has 0 saturated carbocycles. The van der Waals surface area contributed by atoms with Crippen molar-refractivity contribution in [2.75, 3.05) is 7.05 Å². The maximum atomic E-state index is 12.2. The van der Waals surface area contributed by atoms with Gasteiger partial charge in [-0.3, -0.25) is 9.59 Å². The molecule has 0 heterocycles. The van der Waals surface area contributed by atoms with E-state index in [-0.39, 0.29) is 11.1 Å². The lowest BCUT2D eigenvalue weighted by Gasteiger charge is -2.31. The average molecular weight is 264 g/mol. The molecule has 0 aliphatic heterocycles. The van der Waals surface area contributed by atoms with Crippen LogP contribution in [-0.2, 0) is 4.79 Å². The Labute approximate surface area is 110 Å². The van der Waals surface area contributed by atoms with E-state index in [4.69, 9.17) is 10.8 Å². The van der Waals surface area contributed by atoms with Gasteiger partial charge in [-0.15, -0.1) is 0 Å². The van der Waals surface area contributed by atoms with Gasteiger partial charge in [-0.1, -0.05) is 6.07 Å². The molecule has 0 atom stereocenters. The van der Waals surface area contributed by atoms with Crippen LogP contribution in [0, 0.1) is 0 Å².